The minimum absolute atomic E-state index is 0.185. The van der Waals surface area contributed by atoms with Gasteiger partial charge in [0.15, 0.2) is 0 Å². The van der Waals surface area contributed by atoms with Crippen molar-refractivity contribution in [2.24, 2.45) is 0 Å². The SMILES string of the molecule is CC1=Cc2cc(Oc3ccnc(Cl)n3)ccc2C1. The van der Waals surface area contributed by atoms with Gasteiger partial charge in [0.25, 0.3) is 0 Å². The molecule has 18 heavy (non-hydrogen) atoms. The molecule has 1 aliphatic rings. The molecule has 0 spiro atoms. The zero-order valence-corrected chi connectivity index (χ0v) is 10.6. The maximum Gasteiger partial charge on any atom is 0.225 e. The summed E-state index contributed by atoms with van der Waals surface area (Å²) in [5.41, 5.74) is 3.91. The molecule has 0 aliphatic heterocycles. The number of nitrogens with zero attached hydrogens (tertiary/aromatic N) is 2. The first-order valence-electron chi connectivity index (χ1n) is 5.67. The predicted molar refractivity (Wildman–Crippen MR) is 70.9 cm³/mol. The van der Waals surface area contributed by atoms with Gasteiger partial charge >= 0.3 is 0 Å². The third-order valence-electron chi connectivity index (χ3n) is 2.81. The van der Waals surface area contributed by atoms with Crippen LogP contribution in [0.4, 0.5) is 0 Å². The number of benzene rings is 1. The second kappa shape index (κ2) is 4.42. The van der Waals surface area contributed by atoms with E-state index in [9.17, 15) is 0 Å². The molecule has 1 aromatic carbocycles. The van der Waals surface area contributed by atoms with Gasteiger partial charge in [-0.2, -0.15) is 4.98 Å². The number of allylic oxidation sites excluding steroid dienone is 1. The van der Waals surface area contributed by atoms with E-state index < -0.39 is 0 Å². The lowest BCUT2D eigenvalue weighted by atomic mass is 10.1. The fourth-order valence-corrected chi connectivity index (χ4v) is 2.19. The number of halogens is 1. The van der Waals surface area contributed by atoms with Crippen LogP contribution in [-0.2, 0) is 6.42 Å². The molecule has 4 heteroatoms. The summed E-state index contributed by atoms with van der Waals surface area (Å²) in [6.07, 6.45) is 4.77. The van der Waals surface area contributed by atoms with Gasteiger partial charge in [0.1, 0.15) is 5.75 Å². The highest BCUT2D eigenvalue weighted by Crippen LogP contribution is 2.29. The summed E-state index contributed by atoms with van der Waals surface area (Å²) in [5, 5.41) is 0.185. The lowest BCUT2D eigenvalue weighted by molar-refractivity contribution is 0.461. The maximum absolute atomic E-state index is 5.71. The van der Waals surface area contributed by atoms with Crippen LogP contribution in [0.15, 0.2) is 36.0 Å². The van der Waals surface area contributed by atoms with E-state index in [0.717, 1.165) is 12.2 Å². The summed E-state index contributed by atoms with van der Waals surface area (Å²) >= 11 is 5.71. The van der Waals surface area contributed by atoms with E-state index in [2.05, 4.69) is 29.0 Å². The number of rotatable bonds is 2. The molecule has 0 radical (unpaired) electrons. The van der Waals surface area contributed by atoms with Crippen LogP contribution >= 0.6 is 11.6 Å². The smallest absolute Gasteiger partial charge is 0.225 e. The number of fused-ring (bicyclic) bond motifs is 1. The lowest BCUT2D eigenvalue weighted by Crippen LogP contribution is -1.91. The van der Waals surface area contributed by atoms with Crippen LogP contribution in [0, 0.1) is 0 Å². The van der Waals surface area contributed by atoms with Crippen LogP contribution in [0.1, 0.15) is 18.1 Å². The van der Waals surface area contributed by atoms with E-state index in [1.165, 1.54) is 16.7 Å². The molecule has 1 aromatic heterocycles. The molecule has 0 saturated carbocycles. The maximum atomic E-state index is 5.71. The molecule has 0 fully saturated rings. The number of ether oxygens (including phenoxy) is 1. The molecule has 0 saturated heterocycles. The molecule has 3 rings (SSSR count). The van der Waals surface area contributed by atoms with Crippen LogP contribution in [0.25, 0.3) is 6.08 Å². The first-order valence-corrected chi connectivity index (χ1v) is 6.05. The normalized spacial score (nSPS) is 13.1. The van der Waals surface area contributed by atoms with Crippen molar-refractivity contribution in [1.82, 2.24) is 9.97 Å². The van der Waals surface area contributed by atoms with Gasteiger partial charge in [-0.1, -0.05) is 17.7 Å². The number of hydrogen-bond acceptors (Lipinski definition) is 3. The molecule has 0 amide bonds. The van der Waals surface area contributed by atoms with Gasteiger partial charge in [-0.25, -0.2) is 4.98 Å². The van der Waals surface area contributed by atoms with Crippen LogP contribution in [-0.4, -0.2) is 9.97 Å². The van der Waals surface area contributed by atoms with E-state index in [0.29, 0.717) is 5.88 Å². The average molecular weight is 259 g/mol. The zero-order valence-electron chi connectivity index (χ0n) is 9.85. The Balaban J connectivity index is 1.88. The molecule has 2 aromatic rings. The molecule has 90 valence electrons. The summed E-state index contributed by atoms with van der Waals surface area (Å²) in [6, 6.07) is 7.73. The highest BCUT2D eigenvalue weighted by atomic mass is 35.5. The second-order valence-corrected chi connectivity index (χ2v) is 4.63. The van der Waals surface area contributed by atoms with Gasteiger partial charge in [0.2, 0.25) is 11.2 Å². The Kier molecular flexibility index (Phi) is 2.76. The van der Waals surface area contributed by atoms with E-state index >= 15 is 0 Å². The fourth-order valence-electron chi connectivity index (χ4n) is 2.05. The Labute approximate surface area is 110 Å². The van der Waals surface area contributed by atoms with E-state index in [-0.39, 0.29) is 5.28 Å². The Bertz CT molecular complexity index is 637. The third kappa shape index (κ3) is 2.22. The minimum atomic E-state index is 0.185. The van der Waals surface area contributed by atoms with Crippen molar-refractivity contribution in [2.75, 3.05) is 0 Å². The van der Waals surface area contributed by atoms with Gasteiger partial charge in [0, 0.05) is 12.3 Å². The topological polar surface area (TPSA) is 35.0 Å². The first-order chi connectivity index (χ1) is 8.70. The first kappa shape index (κ1) is 11.2. The van der Waals surface area contributed by atoms with Crippen LogP contribution in [0.5, 0.6) is 11.6 Å². The monoisotopic (exact) mass is 258 g/mol. The lowest BCUT2D eigenvalue weighted by Gasteiger charge is -2.06. The molecule has 0 atom stereocenters. The van der Waals surface area contributed by atoms with Gasteiger partial charge in [-0.3, -0.25) is 0 Å². The van der Waals surface area contributed by atoms with Gasteiger partial charge in [-0.15, -0.1) is 0 Å². The summed E-state index contributed by atoms with van der Waals surface area (Å²) in [6.45, 7) is 2.13. The summed E-state index contributed by atoms with van der Waals surface area (Å²) < 4.78 is 5.65. The highest BCUT2D eigenvalue weighted by molar-refractivity contribution is 6.28. The van der Waals surface area contributed by atoms with Crippen LogP contribution < -0.4 is 4.74 Å². The molecular weight excluding hydrogens is 248 g/mol. The number of aromatic nitrogens is 2. The van der Waals surface area contributed by atoms with Crippen molar-refractivity contribution < 1.29 is 4.74 Å². The van der Waals surface area contributed by atoms with E-state index in [1.807, 2.05) is 12.1 Å². The summed E-state index contributed by atoms with van der Waals surface area (Å²) in [4.78, 5) is 7.81. The predicted octanol–water partition coefficient (Wildman–Crippen LogP) is 3.88. The quantitative estimate of drug-likeness (QED) is 0.767. The summed E-state index contributed by atoms with van der Waals surface area (Å²) in [7, 11) is 0. The van der Waals surface area contributed by atoms with Gasteiger partial charge in [-0.05, 0) is 48.2 Å². The van der Waals surface area contributed by atoms with E-state index in [1.54, 1.807) is 12.3 Å². The third-order valence-corrected chi connectivity index (χ3v) is 2.99. The van der Waals surface area contributed by atoms with Crippen LogP contribution in [0.2, 0.25) is 5.28 Å². The molecule has 1 aliphatic carbocycles. The second-order valence-electron chi connectivity index (χ2n) is 4.29. The molecule has 0 N–H and O–H groups in total. The molecular formula is C14H11ClN2O. The average Bonchev–Trinajstić information content (AvgIpc) is 2.68. The standard InChI is InChI=1S/C14H11ClN2O/c1-9-6-10-2-3-12(8-11(10)7-9)18-13-4-5-16-14(15)17-13/h2-5,7-8H,6H2,1H3. The van der Waals surface area contributed by atoms with Crippen molar-refractivity contribution in [1.29, 1.82) is 0 Å². The van der Waals surface area contributed by atoms with E-state index in [4.69, 9.17) is 16.3 Å². The molecule has 0 bridgehead atoms. The Morgan fingerprint density at radius 3 is 3.00 bits per heavy atom. The van der Waals surface area contributed by atoms with Crippen molar-refractivity contribution in [3.8, 4) is 11.6 Å². The molecule has 1 heterocycles. The molecule has 3 nitrogen and oxygen atoms in total. The van der Waals surface area contributed by atoms with Crippen LogP contribution in [0.3, 0.4) is 0 Å². The Morgan fingerprint density at radius 1 is 1.28 bits per heavy atom. The van der Waals surface area contributed by atoms with Crippen molar-refractivity contribution >= 4 is 17.7 Å². The Hall–Kier alpha value is -1.87. The number of hydrogen-bond donors (Lipinski definition) is 0. The minimum Gasteiger partial charge on any atom is -0.439 e. The summed E-state index contributed by atoms with van der Waals surface area (Å²) in [5.74, 6) is 1.21. The van der Waals surface area contributed by atoms with Crippen molar-refractivity contribution in [3.63, 3.8) is 0 Å². The van der Waals surface area contributed by atoms with Gasteiger partial charge in [0.05, 0.1) is 0 Å². The fraction of sp³-hybridized carbons (Fsp3) is 0.143. The largest absolute Gasteiger partial charge is 0.439 e. The highest BCUT2D eigenvalue weighted by Gasteiger charge is 2.10. The zero-order chi connectivity index (χ0) is 12.5. The van der Waals surface area contributed by atoms with Crippen molar-refractivity contribution in [2.45, 2.75) is 13.3 Å². The van der Waals surface area contributed by atoms with Gasteiger partial charge < -0.3 is 4.74 Å². The Morgan fingerprint density at radius 2 is 2.17 bits per heavy atom. The van der Waals surface area contributed by atoms with Crippen molar-refractivity contribution in [3.05, 3.63) is 52.4 Å². The molecule has 0 unspecified atom stereocenters.